The molecule has 1 heterocycles. The third-order valence-corrected chi connectivity index (χ3v) is 2.66. The molecule has 0 bridgehead atoms. The SMILES string of the molecule is CCOC(=O)c1cc2cc(C)cc(C)c2oc1=O. The lowest BCUT2D eigenvalue weighted by atomic mass is 10.1. The van der Waals surface area contributed by atoms with Crippen LogP contribution in [-0.4, -0.2) is 12.6 Å². The molecule has 0 amide bonds. The highest BCUT2D eigenvalue weighted by molar-refractivity contribution is 5.93. The molecule has 4 nitrogen and oxygen atoms in total. The molecule has 0 fully saturated rings. The van der Waals surface area contributed by atoms with Crippen molar-refractivity contribution in [3.8, 4) is 0 Å². The molecular formula is C14H14O4. The maximum absolute atomic E-state index is 11.7. The van der Waals surface area contributed by atoms with Crippen LogP contribution in [0.2, 0.25) is 0 Å². The Morgan fingerprint density at radius 3 is 2.67 bits per heavy atom. The van der Waals surface area contributed by atoms with Crippen LogP contribution in [-0.2, 0) is 4.74 Å². The lowest BCUT2D eigenvalue weighted by Crippen LogP contribution is -2.16. The number of rotatable bonds is 2. The quantitative estimate of drug-likeness (QED) is 0.603. The Kier molecular flexibility index (Phi) is 3.19. The number of esters is 1. The van der Waals surface area contributed by atoms with Crippen molar-refractivity contribution in [1.82, 2.24) is 0 Å². The van der Waals surface area contributed by atoms with Crippen LogP contribution in [0.5, 0.6) is 0 Å². The summed E-state index contributed by atoms with van der Waals surface area (Å²) >= 11 is 0. The fourth-order valence-corrected chi connectivity index (χ4v) is 1.95. The van der Waals surface area contributed by atoms with Crippen molar-refractivity contribution < 1.29 is 13.9 Å². The third kappa shape index (κ3) is 2.14. The molecule has 0 unspecified atom stereocenters. The minimum atomic E-state index is -0.659. The molecule has 0 aliphatic heterocycles. The van der Waals surface area contributed by atoms with Gasteiger partial charge in [-0.25, -0.2) is 9.59 Å². The van der Waals surface area contributed by atoms with Gasteiger partial charge >= 0.3 is 11.6 Å². The minimum Gasteiger partial charge on any atom is -0.462 e. The zero-order chi connectivity index (χ0) is 13.3. The molecule has 0 spiro atoms. The largest absolute Gasteiger partial charge is 0.462 e. The summed E-state index contributed by atoms with van der Waals surface area (Å²) in [5, 5.41) is 0.732. The van der Waals surface area contributed by atoms with Gasteiger partial charge in [0.05, 0.1) is 6.61 Å². The summed E-state index contributed by atoms with van der Waals surface area (Å²) in [7, 11) is 0. The summed E-state index contributed by atoms with van der Waals surface area (Å²) in [6.45, 7) is 5.72. The Hall–Kier alpha value is -2.10. The van der Waals surface area contributed by atoms with Crippen LogP contribution in [0, 0.1) is 13.8 Å². The summed E-state index contributed by atoms with van der Waals surface area (Å²) in [5.41, 5.74) is 1.71. The molecule has 2 rings (SSSR count). The monoisotopic (exact) mass is 246 g/mol. The van der Waals surface area contributed by atoms with Gasteiger partial charge in [0, 0.05) is 5.39 Å². The lowest BCUT2D eigenvalue weighted by molar-refractivity contribution is 0.0522. The molecular weight excluding hydrogens is 232 g/mol. The van der Waals surface area contributed by atoms with Crippen LogP contribution in [0.4, 0.5) is 0 Å². The first-order chi connectivity index (χ1) is 8.52. The molecule has 0 aliphatic rings. The maximum atomic E-state index is 11.7. The normalized spacial score (nSPS) is 10.6. The molecule has 2 aromatic rings. The zero-order valence-electron chi connectivity index (χ0n) is 10.6. The number of hydrogen-bond acceptors (Lipinski definition) is 4. The number of carbonyl (C=O) groups excluding carboxylic acids is 1. The number of ether oxygens (including phenoxy) is 1. The van der Waals surface area contributed by atoms with Gasteiger partial charge in [-0.15, -0.1) is 0 Å². The van der Waals surface area contributed by atoms with Crippen molar-refractivity contribution in [2.75, 3.05) is 6.61 Å². The highest BCUT2D eigenvalue weighted by atomic mass is 16.5. The van der Waals surface area contributed by atoms with Gasteiger partial charge in [-0.05, 0) is 38.5 Å². The first-order valence-corrected chi connectivity index (χ1v) is 5.75. The van der Waals surface area contributed by atoms with Crippen molar-refractivity contribution in [2.24, 2.45) is 0 Å². The molecule has 0 saturated carbocycles. The Balaban J connectivity index is 2.68. The van der Waals surface area contributed by atoms with Gasteiger partial charge in [-0.2, -0.15) is 0 Å². The molecule has 0 saturated heterocycles. The molecule has 0 atom stereocenters. The zero-order valence-corrected chi connectivity index (χ0v) is 10.6. The Bertz CT molecular complexity index is 667. The second-order valence-corrected chi connectivity index (χ2v) is 4.17. The summed E-state index contributed by atoms with van der Waals surface area (Å²) in [6, 6.07) is 5.32. The topological polar surface area (TPSA) is 56.5 Å². The fraction of sp³-hybridized carbons (Fsp3) is 0.286. The van der Waals surface area contributed by atoms with E-state index in [-0.39, 0.29) is 12.2 Å². The van der Waals surface area contributed by atoms with E-state index in [0.717, 1.165) is 16.5 Å². The molecule has 18 heavy (non-hydrogen) atoms. The van der Waals surface area contributed by atoms with Crippen LogP contribution in [0.1, 0.15) is 28.4 Å². The molecule has 0 radical (unpaired) electrons. The van der Waals surface area contributed by atoms with Crippen molar-refractivity contribution in [3.63, 3.8) is 0 Å². The van der Waals surface area contributed by atoms with E-state index in [2.05, 4.69) is 0 Å². The highest BCUT2D eigenvalue weighted by Gasteiger charge is 2.15. The van der Waals surface area contributed by atoms with Crippen LogP contribution in [0.25, 0.3) is 11.0 Å². The number of fused-ring (bicyclic) bond motifs is 1. The van der Waals surface area contributed by atoms with E-state index in [1.165, 1.54) is 6.07 Å². The molecule has 94 valence electrons. The van der Waals surface area contributed by atoms with Crippen molar-refractivity contribution in [3.05, 3.63) is 45.3 Å². The average molecular weight is 246 g/mol. The predicted octanol–water partition coefficient (Wildman–Crippen LogP) is 2.59. The van der Waals surface area contributed by atoms with Crippen molar-refractivity contribution >= 4 is 16.9 Å². The van der Waals surface area contributed by atoms with E-state index in [1.54, 1.807) is 6.92 Å². The van der Waals surface area contributed by atoms with E-state index in [1.807, 2.05) is 26.0 Å². The first kappa shape index (κ1) is 12.4. The second kappa shape index (κ2) is 4.64. The maximum Gasteiger partial charge on any atom is 0.351 e. The number of hydrogen-bond donors (Lipinski definition) is 0. The van der Waals surface area contributed by atoms with Gasteiger partial charge in [0.25, 0.3) is 0 Å². The van der Waals surface area contributed by atoms with E-state index in [9.17, 15) is 9.59 Å². The molecule has 0 N–H and O–H groups in total. The summed E-state index contributed by atoms with van der Waals surface area (Å²) in [4.78, 5) is 23.3. The van der Waals surface area contributed by atoms with E-state index in [0.29, 0.717) is 5.58 Å². The van der Waals surface area contributed by atoms with Crippen molar-refractivity contribution in [1.29, 1.82) is 0 Å². The smallest absolute Gasteiger partial charge is 0.351 e. The molecule has 1 aromatic carbocycles. The van der Waals surface area contributed by atoms with Gasteiger partial charge in [0.2, 0.25) is 0 Å². The van der Waals surface area contributed by atoms with Gasteiger partial charge in [-0.1, -0.05) is 11.6 Å². The standard InChI is InChI=1S/C14H14O4/c1-4-17-13(15)11-7-10-6-8(2)5-9(3)12(10)18-14(11)16/h5-7H,4H2,1-3H3. The van der Waals surface area contributed by atoms with E-state index in [4.69, 9.17) is 9.15 Å². The molecule has 4 heteroatoms. The summed E-state index contributed by atoms with van der Waals surface area (Å²) in [5.74, 6) is -0.646. The van der Waals surface area contributed by atoms with Gasteiger partial charge in [0.15, 0.2) is 0 Å². The number of aryl methyl sites for hydroxylation is 2. The minimum absolute atomic E-state index is 0.0608. The lowest BCUT2D eigenvalue weighted by Gasteiger charge is -2.05. The average Bonchev–Trinajstić information content (AvgIpc) is 2.29. The number of carbonyl (C=O) groups is 1. The second-order valence-electron chi connectivity index (χ2n) is 4.17. The van der Waals surface area contributed by atoms with Crippen LogP contribution in [0.3, 0.4) is 0 Å². The Morgan fingerprint density at radius 1 is 1.28 bits per heavy atom. The van der Waals surface area contributed by atoms with Crippen LogP contribution in [0.15, 0.2) is 27.4 Å². The Morgan fingerprint density at radius 2 is 2.00 bits per heavy atom. The van der Waals surface area contributed by atoms with Gasteiger partial charge in [0.1, 0.15) is 11.1 Å². The van der Waals surface area contributed by atoms with Gasteiger partial charge < -0.3 is 9.15 Å². The predicted molar refractivity (Wildman–Crippen MR) is 67.9 cm³/mol. The highest BCUT2D eigenvalue weighted by Crippen LogP contribution is 2.20. The van der Waals surface area contributed by atoms with Crippen molar-refractivity contribution in [2.45, 2.75) is 20.8 Å². The number of benzene rings is 1. The van der Waals surface area contributed by atoms with Crippen LogP contribution >= 0.6 is 0 Å². The Labute approximate surface area is 104 Å². The molecule has 1 aromatic heterocycles. The summed E-state index contributed by atoms with van der Waals surface area (Å²) < 4.78 is 10.0. The third-order valence-electron chi connectivity index (χ3n) is 2.66. The van der Waals surface area contributed by atoms with Gasteiger partial charge in [-0.3, -0.25) is 0 Å². The van der Waals surface area contributed by atoms with E-state index >= 15 is 0 Å². The first-order valence-electron chi connectivity index (χ1n) is 5.75. The summed E-state index contributed by atoms with van der Waals surface area (Å²) in [6.07, 6.45) is 0. The fourth-order valence-electron chi connectivity index (χ4n) is 1.95. The van der Waals surface area contributed by atoms with E-state index < -0.39 is 11.6 Å². The van der Waals surface area contributed by atoms with Crippen LogP contribution < -0.4 is 5.63 Å². The molecule has 0 aliphatic carbocycles.